The second kappa shape index (κ2) is 5.71. The highest BCUT2D eigenvalue weighted by atomic mass is 19.4. The van der Waals surface area contributed by atoms with E-state index in [4.69, 9.17) is 5.11 Å². The first kappa shape index (κ1) is 17.0. The monoisotopic (exact) mass is 332 g/mol. The van der Waals surface area contributed by atoms with Gasteiger partial charge in [0.25, 0.3) is 5.91 Å². The molecule has 6 nitrogen and oxygen atoms in total. The molecule has 2 rings (SSSR count). The number of nitrogens with zero attached hydrogens (tertiary/aromatic N) is 2. The van der Waals surface area contributed by atoms with E-state index in [-0.39, 0.29) is 17.0 Å². The fourth-order valence-electron chi connectivity index (χ4n) is 2.68. The Morgan fingerprint density at radius 1 is 1.26 bits per heavy atom. The Morgan fingerprint density at radius 3 is 2.26 bits per heavy atom. The number of carbonyl (C=O) groups excluding carboxylic acids is 2. The van der Waals surface area contributed by atoms with Crippen molar-refractivity contribution in [1.82, 2.24) is 9.47 Å². The summed E-state index contributed by atoms with van der Waals surface area (Å²) in [4.78, 5) is 35.6. The molecule has 23 heavy (non-hydrogen) atoms. The maximum atomic E-state index is 12.9. The third-order valence-corrected chi connectivity index (χ3v) is 3.98. The lowest BCUT2D eigenvalue weighted by molar-refractivity contribution is -0.187. The van der Waals surface area contributed by atoms with E-state index >= 15 is 0 Å². The highest BCUT2D eigenvalue weighted by molar-refractivity contribution is 5.99. The van der Waals surface area contributed by atoms with E-state index in [1.54, 1.807) is 0 Å². The average molecular weight is 332 g/mol. The largest absolute Gasteiger partial charge is 0.481 e. The summed E-state index contributed by atoms with van der Waals surface area (Å²) in [5.41, 5.74) is 0.305. The quantitative estimate of drug-likeness (QED) is 0.852. The Bertz CT molecular complexity index is 665. The Labute approximate surface area is 129 Å². The van der Waals surface area contributed by atoms with Crippen LogP contribution in [0.25, 0.3) is 0 Å². The zero-order chi connectivity index (χ0) is 17.5. The smallest absolute Gasteiger partial charge is 0.394 e. The van der Waals surface area contributed by atoms with Crippen molar-refractivity contribution in [3.8, 4) is 0 Å². The summed E-state index contributed by atoms with van der Waals surface area (Å²) in [7, 11) is 1.49. The summed E-state index contributed by atoms with van der Waals surface area (Å²) in [6.45, 7) is 0.0817. The van der Waals surface area contributed by atoms with Crippen molar-refractivity contribution in [1.29, 1.82) is 0 Å². The second-order valence-electron chi connectivity index (χ2n) is 5.58. The minimum absolute atomic E-state index is 0.0437. The molecule has 0 radical (unpaired) electrons. The number of carbonyl (C=O) groups is 3. The molecule has 0 bridgehead atoms. The Kier molecular flexibility index (Phi) is 4.23. The van der Waals surface area contributed by atoms with Gasteiger partial charge < -0.3 is 14.6 Å². The third kappa shape index (κ3) is 3.22. The number of carboxylic acid groups (broad SMARTS) is 1. The number of likely N-dealkylation sites (tertiary alicyclic amines) is 1. The van der Waals surface area contributed by atoms with Crippen molar-refractivity contribution in [2.24, 2.45) is 18.9 Å². The Balaban J connectivity index is 2.27. The minimum atomic E-state index is -4.70. The van der Waals surface area contributed by atoms with Crippen LogP contribution in [0, 0.1) is 11.8 Å². The number of halogens is 3. The highest BCUT2D eigenvalue weighted by Crippen LogP contribution is 2.38. The Hall–Kier alpha value is -2.32. The number of aromatic nitrogens is 1. The van der Waals surface area contributed by atoms with E-state index in [1.807, 2.05) is 0 Å². The fourth-order valence-corrected chi connectivity index (χ4v) is 2.68. The molecule has 0 unspecified atom stereocenters. The summed E-state index contributed by atoms with van der Waals surface area (Å²) in [5, 5.41) is 8.96. The third-order valence-electron chi connectivity index (χ3n) is 3.98. The van der Waals surface area contributed by atoms with Crippen molar-refractivity contribution >= 4 is 17.7 Å². The summed E-state index contributed by atoms with van der Waals surface area (Å²) in [6.07, 6.45) is -3.29. The van der Waals surface area contributed by atoms with Crippen molar-refractivity contribution in [2.45, 2.75) is 13.1 Å². The number of aryl methyl sites for hydroxylation is 1. The number of hydrogen-bond acceptors (Lipinski definition) is 3. The zero-order valence-electron chi connectivity index (χ0n) is 12.4. The lowest BCUT2D eigenvalue weighted by atomic mass is 9.96. The van der Waals surface area contributed by atoms with Gasteiger partial charge in [-0.15, -0.1) is 0 Å². The number of Topliss-reactive ketones (excluding diaryl/α,β-unsaturated/α-hetero) is 1. The molecule has 1 amide bonds. The van der Waals surface area contributed by atoms with E-state index in [1.165, 1.54) is 30.8 Å². The zero-order valence-corrected chi connectivity index (χ0v) is 12.4. The molecule has 1 aromatic heterocycles. The van der Waals surface area contributed by atoms with Crippen LogP contribution in [0.15, 0.2) is 12.3 Å². The standard InChI is InChI=1S/C14H15F3N2O4/c1-7(20)8-3-11(18(2)4-8)12(21)19-5-9(13(22)23)10(6-19)14(15,16)17/h3-4,9-10H,5-6H2,1-2H3,(H,22,23)/t9-,10-/m1/s1. The van der Waals surface area contributed by atoms with E-state index < -0.39 is 43.0 Å². The molecule has 0 aromatic carbocycles. The molecule has 2 heterocycles. The van der Waals surface area contributed by atoms with Crippen LogP contribution in [0.1, 0.15) is 27.8 Å². The Morgan fingerprint density at radius 2 is 1.87 bits per heavy atom. The van der Waals surface area contributed by atoms with Crippen LogP contribution < -0.4 is 0 Å². The van der Waals surface area contributed by atoms with Crippen LogP contribution in [0.2, 0.25) is 0 Å². The van der Waals surface area contributed by atoms with Crippen molar-refractivity contribution in [3.05, 3.63) is 23.5 Å². The molecular formula is C14H15F3N2O4. The first-order valence-electron chi connectivity index (χ1n) is 6.78. The minimum Gasteiger partial charge on any atom is -0.481 e. The predicted molar refractivity (Wildman–Crippen MR) is 72.0 cm³/mol. The van der Waals surface area contributed by atoms with Crippen molar-refractivity contribution in [2.75, 3.05) is 13.1 Å². The SMILES string of the molecule is CC(=O)c1cc(C(=O)N2C[C@@H](C(F)(F)F)[C@H](C(=O)O)C2)n(C)c1. The van der Waals surface area contributed by atoms with Crippen LogP contribution in [0.5, 0.6) is 0 Å². The molecule has 0 saturated carbocycles. The van der Waals surface area contributed by atoms with Crippen LogP contribution in [-0.2, 0) is 11.8 Å². The molecule has 9 heteroatoms. The van der Waals surface area contributed by atoms with Crippen molar-refractivity contribution < 1.29 is 32.7 Å². The summed E-state index contributed by atoms with van der Waals surface area (Å²) in [6, 6.07) is 1.29. The summed E-state index contributed by atoms with van der Waals surface area (Å²) >= 11 is 0. The molecule has 2 atom stereocenters. The van der Waals surface area contributed by atoms with Crippen LogP contribution in [0.4, 0.5) is 13.2 Å². The van der Waals surface area contributed by atoms with Gasteiger partial charge in [-0.05, 0) is 13.0 Å². The number of aliphatic carboxylic acids is 1. The van der Waals surface area contributed by atoms with Gasteiger partial charge in [-0.25, -0.2) is 0 Å². The normalized spacial score (nSPS) is 21.5. The van der Waals surface area contributed by atoms with Gasteiger partial charge in [0, 0.05) is 31.9 Å². The van der Waals surface area contributed by atoms with Crippen molar-refractivity contribution in [3.63, 3.8) is 0 Å². The molecule has 1 fully saturated rings. The lowest BCUT2D eigenvalue weighted by Crippen LogP contribution is -2.34. The lowest BCUT2D eigenvalue weighted by Gasteiger charge is -2.18. The maximum absolute atomic E-state index is 12.9. The van der Waals surface area contributed by atoms with Gasteiger partial charge in [-0.3, -0.25) is 14.4 Å². The van der Waals surface area contributed by atoms with E-state index in [9.17, 15) is 27.6 Å². The van der Waals surface area contributed by atoms with Gasteiger partial charge in [0.2, 0.25) is 0 Å². The van der Waals surface area contributed by atoms with Gasteiger partial charge in [0.1, 0.15) is 5.69 Å². The highest BCUT2D eigenvalue weighted by Gasteiger charge is 2.53. The number of amides is 1. The molecular weight excluding hydrogens is 317 g/mol. The average Bonchev–Trinajstić information content (AvgIpc) is 3.01. The maximum Gasteiger partial charge on any atom is 0.394 e. The number of carboxylic acids is 1. The van der Waals surface area contributed by atoms with E-state index in [0.29, 0.717) is 0 Å². The van der Waals surface area contributed by atoms with Gasteiger partial charge in [0.15, 0.2) is 5.78 Å². The van der Waals surface area contributed by atoms with E-state index in [2.05, 4.69) is 0 Å². The van der Waals surface area contributed by atoms with Gasteiger partial charge in [0.05, 0.1) is 11.8 Å². The topological polar surface area (TPSA) is 79.6 Å². The number of hydrogen-bond donors (Lipinski definition) is 1. The van der Waals surface area contributed by atoms with E-state index in [0.717, 1.165) is 4.90 Å². The van der Waals surface area contributed by atoms with Gasteiger partial charge in [-0.1, -0.05) is 0 Å². The molecule has 1 aromatic rings. The molecule has 1 N–H and O–H groups in total. The number of rotatable bonds is 3. The molecule has 1 saturated heterocycles. The molecule has 1 aliphatic rings. The second-order valence-corrected chi connectivity index (χ2v) is 5.58. The molecule has 0 aliphatic carbocycles. The predicted octanol–water partition coefficient (Wildman–Crippen LogP) is 1.56. The van der Waals surface area contributed by atoms with Crippen LogP contribution in [0.3, 0.4) is 0 Å². The molecule has 0 spiro atoms. The van der Waals surface area contributed by atoms with Crippen LogP contribution in [-0.4, -0.2) is 51.5 Å². The first-order valence-corrected chi connectivity index (χ1v) is 6.78. The fraction of sp³-hybridized carbons (Fsp3) is 0.500. The number of ketones is 1. The molecule has 1 aliphatic heterocycles. The summed E-state index contributed by atoms with van der Waals surface area (Å²) < 4.78 is 40.2. The van der Waals surface area contributed by atoms with Gasteiger partial charge in [-0.2, -0.15) is 13.2 Å². The number of alkyl halides is 3. The summed E-state index contributed by atoms with van der Waals surface area (Å²) in [5.74, 6) is -6.38. The van der Waals surface area contributed by atoms with Gasteiger partial charge >= 0.3 is 12.1 Å². The first-order chi connectivity index (χ1) is 10.5. The molecule has 126 valence electrons. The van der Waals surface area contributed by atoms with Crippen LogP contribution >= 0.6 is 0 Å².